The van der Waals surface area contributed by atoms with Crippen LogP contribution in [0.1, 0.15) is 33.6 Å². The lowest BCUT2D eigenvalue weighted by Gasteiger charge is -2.27. The van der Waals surface area contributed by atoms with E-state index in [9.17, 15) is 32.3 Å². The molecule has 2 aliphatic heterocycles. The summed E-state index contributed by atoms with van der Waals surface area (Å²) in [7, 11) is 0. The highest BCUT2D eigenvalue weighted by atomic mass is 19.4. The van der Waals surface area contributed by atoms with E-state index in [2.05, 4.69) is 10.6 Å². The summed E-state index contributed by atoms with van der Waals surface area (Å²) in [6.45, 7) is 3.57. The van der Waals surface area contributed by atoms with Crippen LogP contribution in [0.5, 0.6) is 0 Å². The number of amides is 4. The Morgan fingerprint density at radius 2 is 1.62 bits per heavy atom. The van der Waals surface area contributed by atoms with Crippen LogP contribution in [0.3, 0.4) is 0 Å². The highest BCUT2D eigenvalue weighted by molar-refractivity contribution is 6.25. The molecule has 2 aliphatic rings. The Morgan fingerprint density at radius 3 is 2.18 bits per heavy atom. The van der Waals surface area contributed by atoms with Crippen molar-refractivity contribution in [3.8, 4) is 0 Å². The number of fused-ring (bicyclic) bond motifs is 1. The number of carboxylic acids is 1. The van der Waals surface area contributed by atoms with Crippen molar-refractivity contribution in [1.29, 1.82) is 0 Å². The van der Waals surface area contributed by atoms with Gasteiger partial charge in [-0.3, -0.25) is 29.4 Å². The van der Waals surface area contributed by atoms with Gasteiger partial charge in [-0.25, -0.2) is 4.79 Å². The summed E-state index contributed by atoms with van der Waals surface area (Å²) in [6.07, 6.45) is -4.88. The van der Waals surface area contributed by atoms with Crippen LogP contribution in [0.2, 0.25) is 0 Å². The van der Waals surface area contributed by atoms with Crippen molar-refractivity contribution >= 4 is 35.3 Å². The number of carbonyl (C=O) groups is 5. The molecule has 0 bridgehead atoms. The Labute approximate surface area is 220 Å². The summed E-state index contributed by atoms with van der Waals surface area (Å²) in [4.78, 5) is 59.2. The number of ether oxygens (including phenoxy) is 3. The van der Waals surface area contributed by atoms with E-state index in [0.29, 0.717) is 58.4 Å². The minimum absolute atomic E-state index is 0.0801. The zero-order chi connectivity index (χ0) is 29.0. The second-order valence-corrected chi connectivity index (χ2v) is 8.03. The Bertz CT molecular complexity index is 1050. The number of halogens is 3. The minimum Gasteiger partial charge on any atom is -0.475 e. The molecule has 16 heteroatoms. The Morgan fingerprint density at radius 1 is 1.03 bits per heavy atom. The van der Waals surface area contributed by atoms with Gasteiger partial charge in [0, 0.05) is 25.2 Å². The van der Waals surface area contributed by atoms with E-state index in [-0.39, 0.29) is 24.0 Å². The van der Waals surface area contributed by atoms with E-state index in [0.717, 1.165) is 4.90 Å². The number of piperidine rings is 1. The van der Waals surface area contributed by atoms with Crippen LogP contribution in [0, 0.1) is 0 Å². The second-order valence-electron chi connectivity index (χ2n) is 8.03. The monoisotopic (exact) mass is 562 g/mol. The first kappa shape index (κ1) is 31.6. The SMILES string of the molecule is NCCOCCOCCOCCNc1cccc2c1C(=O)N(C1CCC(=O)NC1=O)C2=O.O=C(O)C(F)(F)F. The van der Waals surface area contributed by atoms with E-state index in [1.165, 1.54) is 0 Å². The van der Waals surface area contributed by atoms with Crippen LogP contribution in [0.25, 0.3) is 0 Å². The van der Waals surface area contributed by atoms with Gasteiger partial charge < -0.3 is 30.4 Å². The first-order chi connectivity index (χ1) is 18.5. The van der Waals surface area contributed by atoms with Gasteiger partial charge in [0.15, 0.2) is 0 Å². The Hall–Kier alpha value is -3.60. The van der Waals surface area contributed by atoms with Gasteiger partial charge in [0.1, 0.15) is 6.04 Å². The molecule has 3 rings (SSSR count). The summed E-state index contributed by atoms with van der Waals surface area (Å²) >= 11 is 0. The molecule has 1 fully saturated rings. The van der Waals surface area contributed by atoms with Crippen LogP contribution in [0.4, 0.5) is 18.9 Å². The number of carboxylic acid groups (broad SMARTS) is 1. The fourth-order valence-electron chi connectivity index (χ4n) is 3.55. The number of nitrogens with two attached hydrogens (primary N) is 1. The van der Waals surface area contributed by atoms with Gasteiger partial charge in [-0.1, -0.05) is 6.07 Å². The summed E-state index contributed by atoms with van der Waals surface area (Å²) in [6, 6.07) is 3.93. The number of carbonyl (C=O) groups excluding carboxylic acids is 4. The number of hydrogen-bond donors (Lipinski definition) is 4. The molecule has 216 valence electrons. The molecule has 5 N–H and O–H groups in total. The zero-order valence-corrected chi connectivity index (χ0v) is 20.8. The maximum Gasteiger partial charge on any atom is 0.490 e. The third-order valence-electron chi connectivity index (χ3n) is 5.28. The largest absolute Gasteiger partial charge is 0.490 e. The van der Waals surface area contributed by atoms with E-state index >= 15 is 0 Å². The van der Waals surface area contributed by atoms with Gasteiger partial charge in [0.05, 0.1) is 50.8 Å². The number of nitrogens with zero attached hydrogens (tertiary/aromatic N) is 1. The molecule has 1 aromatic carbocycles. The highest BCUT2D eigenvalue weighted by Crippen LogP contribution is 2.32. The number of rotatable bonds is 13. The van der Waals surface area contributed by atoms with E-state index in [4.69, 9.17) is 29.8 Å². The molecule has 1 unspecified atom stereocenters. The second kappa shape index (κ2) is 15.1. The molecule has 4 amide bonds. The predicted molar refractivity (Wildman–Crippen MR) is 127 cm³/mol. The number of alkyl halides is 3. The van der Waals surface area contributed by atoms with Crippen molar-refractivity contribution in [2.45, 2.75) is 25.1 Å². The third-order valence-corrected chi connectivity index (χ3v) is 5.28. The summed E-state index contributed by atoms with van der Waals surface area (Å²) in [5, 5.41) is 12.4. The van der Waals surface area contributed by atoms with Gasteiger partial charge in [0.2, 0.25) is 11.8 Å². The molecule has 0 aromatic heterocycles. The summed E-state index contributed by atoms with van der Waals surface area (Å²) in [5.41, 5.74) is 6.27. The molecule has 1 saturated heterocycles. The standard InChI is InChI=1S/C21H28N4O7.C2HF3O2/c22-6-8-30-10-12-32-13-11-31-9-7-23-15-3-1-2-14-18(15)21(29)25(20(14)28)16-4-5-17(26)24-19(16)27;3-2(4,5)1(6)7/h1-3,16,23H,4-13,22H2,(H,24,26,27);(H,6,7). The molecule has 0 saturated carbocycles. The Kier molecular flexibility index (Phi) is 12.2. The lowest BCUT2D eigenvalue weighted by atomic mass is 10.0. The van der Waals surface area contributed by atoms with Gasteiger partial charge in [-0.2, -0.15) is 13.2 Å². The number of aliphatic carboxylic acids is 1. The molecule has 39 heavy (non-hydrogen) atoms. The molecule has 0 aliphatic carbocycles. The third kappa shape index (κ3) is 9.27. The maximum atomic E-state index is 13.0. The predicted octanol–water partition coefficient (Wildman–Crippen LogP) is 0.142. The lowest BCUT2D eigenvalue weighted by molar-refractivity contribution is -0.192. The smallest absolute Gasteiger partial charge is 0.475 e. The van der Waals surface area contributed by atoms with Crippen LogP contribution < -0.4 is 16.4 Å². The van der Waals surface area contributed by atoms with Crippen molar-refractivity contribution in [3.05, 3.63) is 29.3 Å². The van der Waals surface area contributed by atoms with E-state index < -0.39 is 41.8 Å². The van der Waals surface area contributed by atoms with Crippen LogP contribution >= 0.6 is 0 Å². The van der Waals surface area contributed by atoms with Crippen molar-refractivity contribution in [2.75, 3.05) is 58.0 Å². The Balaban J connectivity index is 0.000000673. The summed E-state index contributed by atoms with van der Waals surface area (Å²) < 4.78 is 47.8. The van der Waals surface area contributed by atoms with Gasteiger partial charge >= 0.3 is 12.1 Å². The fraction of sp³-hybridized carbons (Fsp3) is 0.522. The van der Waals surface area contributed by atoms with Crippen molar-refractivity contribution in [3.63, 3.8) is 0 Å². The van der Waals surface area contributed by atoms with Crippen molar-refractivity contribution in [2.24, 2.45) is 5.73 Å². The summed E-state index contributed by atoms with van der Waals surface area (Å²) in [5.74, 6) is -4.88. The van der Waals surface area contributed by atoms with E-state index in [1.807, 2.05) is 0 Å². The topological polar surface area (TPSA) is 187 Å². The number of nitrogens with one attached hydrogen (secondary N) is 2. The first-order valence-electron chi connectivity index (χ1n) is 11.8. The van der Waals surface area contributed by atoms with Gasteiger partial charge in [-0.05, 0) is 18.6 Å². The lowest BCUT2D eigenvalue weighted by Crippen LogP contribution is -2.54. The maximum absolute atomic E-state index is 13.0. The van der Waals surface area contributed by atoms with E-state index in [1.54, 1.807) is 18.2 Å². The molecular weight excluding hydrogens is 533 g/mol. The zero-order valence-electron chi connectivity index (χ0n) is 20.8. The van der Waals surface area contributed by atoms with Crippen molar-refractivity contribution < 1.29 is 56.5 Å². The van der Waals surface area contributed by atoms with Crippen LogP contribution in [0.15, 0.2) is 18.2 Å². The number of hydrogen-bond acceptors (Lipinski definition) is 10. The number of benzene rings is 1. The van der Waals surface area contributed by atoms with Gasteiger partial charge in [-0.15, -0.1) is 0 Å². The highest BCUT2D eigenvalue weighted by Gasteiger charge is 2.45. The normalized spacial score (nSPS) is 16.9. The molecule has 1 atom stereocenters. The van der Waals surface area contributed by atoms with Crippen LogP contribution in [-0.2, 0) is 28.6 Å². The average molecular weight is 562 g/mol. The molecule has 0 spiro atoms. The van der Waals surface area contributed by atoms with Crippen LogP contribution in [-0.4, -0.2) is 105 Å². The molecule has 2 heterocycles. The average Bonchev–Trinajstić information content (AvgIpc) is 3.13. The minimum atomic E-state index is -5.08. The molecule has 0 radical (unpaired) electrons. The van der Waals surface area contributed by atoms with Crippen molar-refractivity contribution in [1.82, 2.24) is 10.2 Å². The molecular formula is C23H29F3N4O9. The number of anilines is 1. The fourth-order valence-corrected chi connectivity index (χ4v) is 3.55. The first-order valence-corrected chi connectivity index (χ1v) is 11.8. The van der Waals surface area contributed by atoms with Gasteiger partial charge in [0.25, 0.3) is 11.8 Å². The quantitative estimate of drug-likeness (QED) is 0.189. The molecule has 1 aromatic rings. The molecule has 13 nitrogen and oxygen atoms in total. The number of imide groups is 2.